The van der Waals surface area contributed by atoms with E-state index in [0.29, 0.717) is 10.7 Å². The Bertz CT molecular complexity index is 226. The van der Waals surface area contributed by atoms with Crippen LogP contribution in [0.1, 0.15) is 0 Å². The fraction of sp³-hybridized carbons (Fsp3) is 0.857. The van der Waals surface area contributed by atoms with Crippen LogP contribution in [0.25, 0.3) is 0 Å². The third kappa shape index (κ3) is 1.69. The molecule has 1 N–H and O–H groups in total. The van der Waals surface area contributed by atoms with E-state index in [2.05, 4.69) is 17.5 Å². The number of thiol groups is 1. The van der Waals surface area contributed by atoms with E-state index in [1.807, 2.05) is 11.8 Å². The second kappa shape index (κ2) is 3.92. The molecule has 74 valence electrons. The van der Waals surface area contributed by atoms with E-state index in [9.17, 15) is 4.79 Å². The highest BCUT2D eigenvalue weighted by atomic mass is 32.2. The van der Waals surface area contributed by atoms with E-state index in [1.54, 1.807) is 11.8 Å². The monoisotopic (exact) mass is 237 g/mol. The highest BCUT2D eigenvalue weighted by Gasteiger charge is 2.46. The van der Waals surface area contributed by atoms with Crippen LogP contribution < -0.4 is 0 Å². The molecule has 0 radical (unpaired) electrons. The van der Waals surface area contributed by atoms with Crippen molar-refractivity contribution < 1.29 is 9.90 Å². The number of rotatable bonds is 2. The van der Waals surface area contributed by atoms with Crippen molar-refractivity contribution in [2.45, 2.75) is 16.8 Å². The fourth-order valence-corrected chi connectivity index (χ4v) is 5.24. The van der Waals surface area contributed by atoms with Gasteiger partial charge in [-0.05, 0) is 0 Å². The first kappa shape index (κ1) is 10.0. The van der Waals surface area contributed by atoms with Gasteiger partial charge in [-0.2, -0.15) is 12.6 Å². The Hall–Kier alpha value is 0.480. The fourth-order valence-electron chi connectivity index (χ4n) is 1.72. The minimum atomic E-state index is -0.690. The predicted molar refractivity (Wildman–Crippen MR) is 59.6 cm³/mol. The Kier molecular flexibility index (Phi) is 3.02. The summed E-state index contributed by atoms with van der Waals surface area (Å²) in [6.07, 6.45) is 0. The van der Waals surface area contributed by atoms with Crippen LogP contribution in [0.5, 0.6) is 0 Å². The van der Waals surface area contributed by atoms with Crippen LogP contribution in [0, 0.1) is 0 Å². The van der Waals surface area contributed by atoms with Crippen LogP contribution >= 0.6 is 36.2 Å². The van der Waals surface area contributed by atoms with Crippen LogP contribution in [0.15, 0.2) is 0 Å². The van der Waals surface area contributed by atoms with E-state index in [-0.39, 0.29) is 6.04 Å². The molecule has 2 aliphatic rings. The Balaban J connectivity index is 2.12. The highest BCUT2D eigenvalue weighted by molar-refractivity contribution is 8.05. The van der Waals surface area contributed by atoms with Gasteiger partial charge in [-0.15, -0.1) is 23.5 Å². The number of carboxylic acid groups (broad SMARTS) is 1. The number of carbonyl (C=O) groups is 1. The summed E-state index contributed by atoms with van der Waals surface area (Å²) in [7, 11) is 0. The molecule has 2 aliphatic heterocycles. The molecule has 6 heteroatoms. The summed E-state index contributed by atoms with van der Waals surface area (Å²) in [6.45, 7) is 0. The standard InChI is InChI=1S/C7H11NO2S3/c9-7(10)4-2-12-6-3-13-5(1-11)8(4)6/h4-6,11H,1-3H2,(H,9,10). The minimum absolute atomic E-state index is 0.290. The van der Waals surface area contributed by atoms with Gasteiger partial charge in [-0.1, -0.05) is 0 Å². The zero-order valence-electron chi connectivity index (χ0n) is 6.92. The van der Waals surface area contributed by atoms with Gasteiger partial charge in [0.15, 0.2) is 0 Å². The normalized spacial score (nSPS) is 39.3. The third-order valence-electron chi connectivity index (χ3n) is 2.34. The van der Waals surface area contributed by atoms with E-state index in [1.165, 1.54) is 0 Å². The van der Waals surface area contributed by atoms with Gasteiger partial charge in [0.1, 0.15) is 6.04 Å². The minimum Gasteiger partial charge on any atom is -0.480 e. The molecular weight excluding hydrogens is 226 g/mol. The van der Waals surface area contributed by atoms with Crippen LogP contribution in [-0.4, -0.2) is 50.0 Å². The Labute approximate surface area is 91.0 Å². The molecule has 3 atom stereocenters. The van der Waals surface area contributed by atoms with Crippen LogP contribution in [0.4, 0.5) is 0 Å². The van der Waals surface area contributed by atoms with Crippen LogP contribution in [0.2, 0.25) is 0 Å². The first-order valence-corrected chi connectivity index (χ1v) is 6.81. The molecule has 0 aliphatic carbocycles. The third-order valence-corrected chi connectivity index (χ3v) is 5.75. The van der Waals surface area contributed by atoms with Gasteiger partial charge in [0.05, 0.1) is 10.7 Å². The largest absolute Gasteiger partial charge is 0.480 e. The maximum atomic E-state index is 10.9. The lowest BCUT2D eigenvalue weighted by atomic mass is 10.3. The molecule has 0 bridgehead atoms. The molecule has 3 unspecified atom stereocenters. The van der Waals surface area contributed by atoms with Gasteiger partial charge in [-0.3, -0.25) is 9.69 Å². The van der Waals surface area contributed by atoms with E-state index in [4.69, 9.17) is 5.11 Å². The number of carboxylic acids is 1. The number of nitrogens with zero attached hydrogens (tertiary/aromatic N) is 1. The molecule has 13 heavy (non-hydrogen) atoms. The smallest absolute Gasteiger partial charge is 0.321 e. The summed E-state index contributed by atoms with van der Waals surface area (Å²) in [5, 5.41) is 9.69. The molecule has 2 heterocycles. The summed E-state index contributed by atoms with van der Waals surface area (Å²) in [5.74, 6) is 1.82. The lowest BCUT2D eigenvalue weighted by Gasteiger charge is -2.24. The number of fused-ring (bicyclic) bond motifs is 1. The van der Waals surface area contributed by atoms with Gasteiger partial charge in [0.2, 0.25) is 0 Å². The average Bonchev–Trinajstić information content (AvgIpc) is 2.61. The van der Waals surface area contributed by atoms with Gasteiger partial charge < -0.3 is 5.11 Å². The molecule has 2 fully saturated rings. The molecule has 0 saturated carbocycles. The van der Waals surface area contributed by atoms with E-state index < -0.39 is 5.97 Å². The number of hydrogen-bond acceptors (Lipinski definition) is 5. The second-order valence-corrected chi connectivity index (χ2v) is 5.85. The Morgan fingerprint density at radius 2 is 2.31 bits per heavy atom. The van der Waals surface area contributed by atoms with Gasteiger partial charge >= 0.3 is 5.97 Å². The predicted octanol–water partition coefficient (Wildman–Crippen LogP) is 0.817. The van der Waals surface area contributed by atoms with Crippen molar-refractivity contribution in [3.8, 4) is 0 Å². The molecular formula is C7H11NO2S3. The summed E-state index contributed by atoms with van der Waals surface area (Å²) in [4.78, 5) is 13.0. The van der Waals surface area contributed by atoms with Crippen molar-refractivity contribution in [3.63, 3.8) is 0 Å². The van der Waals surface area contributed by atoms with E-state index in [0.717, 1.165) is 17.3 Å². The first-order chi connectivity index (χ1) is 6.24. The second-order valence-electron chi connectivity index (χ2n) is 3.06. The molecule has 0 spiro atoms. The number of aliphatic carboxylic acids is 1. The maximum absolute atomic E-state index is 10.9. The topological polar surface area (TPSA) is 40.5 Å². The lowest BCUT2D eigenvalue weighted by Crippen LogP contribution is -2.43. The van der Waals surface area contributed by atoms with Crippen LogP contribution in [-0.2, 0) is 4.79 Å². The quantitative estimate of drug-likeness (QED) is 0.696. The van der Waals surface area contributed by atoms with Crippen LogP contribution in [0.3, 0.4) is 0 Å². The van der Waals surface area contributed by atoms with Crippen molar-refractivity contribution in [2.24, 2.45) is 0 Å². The molecule has 3 nitrogen and oxygen atoms in total. The SMILES string of the molecule is O=C(O)C1CSC2CSC(CS)N21. The number of thioether (sulfide) groups is 2. The lowest BCUT2D eigenvalue weighted by molar-refractivity contribution is -0.142. The molecule has 2 saturated heterocycles. The average molecular weight is 237 g/mol. The molecule has 0 aromatic rings. The van der Waals surface area contributed by atoms with Gasteiger partial charge in [0, 0.05) is 17.3 Å². The zero-order chi connectivity index (χ0) is 9.42. The molecule has 2 rings (SSSR count). The van der Waals surface area contributed by atoms with Crippen molar-refractivity contribution >= 4 is 42.1 Å². The van der Waals surface area contributed by atoms with Gasteiger partial charge in [-0.25, -0.2) is 0 Å². The number of hydrogen-bond donors (Lipinski definition) is 2. The molecule has 0 amide bonds. The van der Waals surface area contributed by atoms with Crippen molar-refractivity contribution in [1.82, 2.24) is 4.90 Å². The molecule has 0 aromatic carbocycles. The first-order valence-electron chi connectivity index (χ1n) is 4.08. The zero-order valence-corrected chi connectivity index (χ0v) is 9.45. The Morgan fingerprint density at radius 3 is 2.92 bits per heavy atom. The summed E-state index contributed by atoms with van der Waals surface area (Å²) < 4.78 is 0. The molecule has 0 aromatic heterocycles. The highest BCUT2D eigenvalue weighted by Crippen LogP contribution is 2.42. The van der Waals surface area contributed by atoms with E-state index >= 15 is 0 Å². The van der Waals surface area contributed by atoms with Gasteiger partial charge in [0.25, 0.3) is 0 Å². The summed E-state index contributed by atoms with van der Waals surface area (Å²) in [5.41, 5.74) is 0. The van der Waals surface area contributed by atoms with Crippen molar-refractivity contribution in [3.05, 3.63) is 0 Å². The summed E-state index contributed by atoms with van der Waals surface area (Å²) >= 11 is 7.82. The van der Waals surface area contributed by atoms with Crippen molar-refractivity contribution in [2.75, 3.05) is 17.3 Å². The maximum Gasteiger partial charge on any atom is 0.321 e. The Morgan fingerprint density at radius 1 is 1.54 bits per heavy atom. The van der Waals surface area contributed by atoms with Crippen molar-refractivity contribution in [1.29, 1.82) is 0 Å². The summed E-state index contributed by atoms with van der Waals surface area (Å²) in [6, 6.07) is -0.290.